The first-order chi connectivity index (χ1) is 19.4. The van der Waals surface area contributed by atoms with Crippen molar-refractivity contribution in [2.24, 2.45) is 0 Å². The Bertz CT molecular complexity index is 969. The number of nitrogens with one attached hydrogen (secondary N) is 2. The van der Waals surface area contributed by atoms with Gasteiger partial charge in [-0.1, -0.05) is 34.8 Å². The van der Waals surface area contributed by atoms with E-state index in [0.717, 1.165) is 5.56 Å². The lowest BCUT2D eigenvalue weighted by Crippen LogP contribution is -2.23. The van der Waals surface area contributed by atoms with Gasteiger partial charge in [-0.2, -0.15) is 0 Å². The van der Waals surface area contributed by atoms with Gasteiger partial charge in [0.2, 0.25) is 0 Å². The lowest BCUT2D eigenvalue weighted by molar-refractivity contribution is -0.144. The maximum atomic E-state index is 10.5. The van der Waals surface area contributed by atoms with Crippen LogP contribution in [0.25, 0.3) is 0 Å². The highest BCUT2D eigenvalue weighted by molar-refractivity contribution is 6.35. The van der Waals surface area contributed by atoms with Gasteiger partial charge in [0.05, 0.1) is 31.5 Å². The van der Waals surface area contributed by atoms with Crippen LogP contribution in [0.2, 0.25) is 15.1 Å². The largest absolute Gasteiger partial charge is 0.480 e. The molecule has 12 nitrogen and oxygen atoms in total. The summed E-state index contributed by atoms with van der Waals surface area (Å²) in [6, 6.07) is 9.64. The van der Waals surface area contributed by atoms with E-state index in [2.05, 4.69) is 10.6 Å². The van der Waals surface area contributed by atoms with E-state index in [4.69, 9.17) is 74.9 Å². The van der Waals surface area contributed by atoms with Crippen LogP contribution in [0.5, 0.6) is 11.5 Å². The molecule has 1 atom stereocenters. The van der Waals surface area contributed by atoms with Crippen molar-refractivity contribution in [2.75, 3.05) is 59.2 Å². The number of carbonyl (C=O) groups is 2. The first kappa shape index (κ1) is 40.7. The topological polar surface area (TPSA) is 198 Å². The van der Waals surface area contributed by atoms with Crippen LogP contribution >= 0.6 is 34.8 Å². The number of carboxylic acid groups (broad SMARTS) is 2. The summed E-state index contributed by atoms with van der Waals surface area (Å²) >= 11 is 17.1. The van der Waals surface area contributed by atoms with Crippen LogP contribution in [0.1, 0.15) is 12.5 Å². The number of hydrogen-bond acceptors (Lipinski definition) is 10. The molecule has 0 aromatic heterocycles. The molecule has 0 amide bonds. The van der Waals surface area contributed by atoms with Crippen molar-refractivity contribution in [1.29, 1.82) is 0 Å². The summed E-state index contributed by atoms with van der Waals surface area (Å²) in [5, 5.41) is 56.5. The van der Waals surface area contributed by atoms with Gasteiger partial charge in [-0.25, -0.2) is 9.59 Å². The maximum absolute atomic E-state index is 10.5. The van der Waals surface area contributed by atoms with E-state index in [1.54, 1.807) is 24.3 Å². The molecule has 0 radical (unpaired) electrons. The fourth-order valence-corrected chi connectivity index (χ4v) is 2.97. The van der Waals surface area contributed by atoms with Crippen LogP contribution < -0.4 is 20.1 Å². The zero-order valence-corrected chi connectivity index (χ0v) is 25.1. The molecule has 2 aromatic rings. The minimum Gasteiger partial charge on any atom is -0.480 e. The van der Waals surface area contributed by atoms with Crippen molar-refractivity contribution in [2.45, 2.75) is 20.0 Å². The molecule has 41 heavy (non-hydrogen) atoms. The van der Waals surface area contributed by atoms with Crippen molar-refractivity contribution in [3.05, 3.63) is 57.0 Å². The summed E-state index contributed by atoms with van der Waals surface area (Å²) < 4.78 is 10.1. The number of aliphatic hydroxyl groups excluding tert-OH is 4. The smallest absolute Gasteiger partial charge is 0.344 e. The van der Waals surface area contributed by atoms with Crippen LogP contribution in [0.4, 0.5) is 0 Å². The molecular formula is C26H39Cl3N2O10. The quantitative estimate of drug-likeness (QED) is 0.139. The first-order valence-corrected chi connectivity index (χ1v) is 13.4. The van der Waals surface area contributed by atoms with Gasteiger partial charge >= 0.3 is 11.9 Å². The summed E-state index contributed by atoms with van der Waals surface area (Å²) in [4.78, 5) is 20.7. The van der Waals surface area contributed by atoms with Gasteiger partial charge in [-0.15, -0.1) is 0 Å². The minimum absolute atomic E-state index is 0.139. The van der Waals surface area contributed by atoms with Crippen LogP contribution in [-0.4, -0.2) is 108 Å². The number of benzene rings is 2. The summed E-state index contributed by atoms with van der Waals surface area (Å²) in [5.74, 6) is -1.18. The molecule has 1 unspecified atom stereocenters. The van der Waals surface area contributed by atoms with E-state index in [1.807, 2.05) is 6.92 Å². The lowest BCUT2D eigenvalue weighted by atomic mass is 10.2. The zero-order valence-electron chi connectivity index (χ0n) is 22.9. The van der Waals surface area contributed by atoms with Gasteiger partial charge in [0.15, 0.2) is 12.7 Å². The van der Waals surface area contributed by atoms with Crippen LogP contribution in [-0.2, 0) is 9.59 Å². The molecule has 0 saturated heterocycles. The van der Waals surface area contributed by atoms with Gasteiger partial charge in [-0.05, 0) is 55.8 Å². The highest BCUT2D eigenvalue weighted by Crippen LogP contribution is 2.27. The average Bonchev–Trinajstić information content (AvgIpc) is 2.91. The van der Waals surface area contributed by atoms with Gasteiger partial charge < -0.3 is 50.7 Å². The summed E-state index contributed by atoms with van der Waals surface area (Å²) in [6.45, 7) is 5.72. The predicted octanol–water partition coefficient (Wildman–Crippen LogP) is 2.08. The summed E-state index contributed by atoms with van der Waals surface area (Å²) in [5.41, 5.74) is 0.825. The normalized spacial score (nSPS) is 10.5. The van der Waals surface area contributed by atoms with Crippen LogP contribution in [0, 0.1) is 6.92 Å². The molecule has 0 spiro atoms. The van der Waals surface area contributed by atoms with Gasteiger partial charge in [0.1, 0.15) is 11.5 Å². The van der Waals surface area contributed by atoms with Crippen LogP contribution in [0.3, 0.4) is 0 Å². The van der Waals surface area contributed by atoms with Gasteiger partial charge in [0.25, 0.3) is 0 Å². The molecule has 15 heteroatoms. The van der Waals surface area contributed by atoms with Crippen LogP contribution in [0.15, 0.2) is 36.4 Å². The molecule has 0 fully saturated rings. The Morgan fingerprint density at radius 3 is 1.59 bits per heavy atom. The number of aryl methyl sites for hydroxylation is 1. The van der Waals surface area contributed by atoms with Gasteiger partial charge in [0, 0.05) is 36.2 Å². The number of carboxylic acids is 2. The van der Waals surface area contributed by atoms with E-state index in [-0.39, 0.29) is 26.4 Å². The molecule has 2 aromatic carbocycles. The molecular weight excluding hydrogens is 607 g/mol. The number of ether oxygens (including phenoxy) is 2. The Hall–Kier alpha value is -2.39. The Morgan fingerprint density at radius 2 is 1.22 bits per heavy atom. The zero-order chi connectivity index (χ0) is 31.6. The van der Waals surface area contributed by atoms with E-state index in [0.29, 0.717) is 52.7 Å². The number of rotatable bonds is 14. The van der Waals surface area contributed by atoms with Crippen molar-refractivity contribution >= 4 is 46.7 Å². The molecule has 0 heterocycles. The predicted molar refractivity (Wildman–Crippen MR) is 158 cm³/mol. The van der Waals surface area contributed by atoms with E-state index in [1.165, 1.54) is 19.1 Å². The Labute approximate surface area is 254 Å². The fraction of sp³-hybridized carbons (Fsp3) is 0.462. The summed E-state index contributed by atoms with van der Waals surface area (Å²) in [7, 11) is 0. The Kier molecular flexibility index (Phi) is 26.3. The molecule has 234 valence electrons. The molecule has 0 aliphatic heterocycles. The second-order valence-corrected chi connectivity index (χ2v) is 8.94. The molecule has 0 bridgehead atoms. The lowest BCUT2D eigenvalue weighted by Gasteiger charge is -2.12. The summed E-state index contributed by atoms with van der Waals surface area (Å²) in [6.07, 6.45) is -0.852. The molecule has 0 saturated carbocycles. The third kappa shape index (κ3) is 24.0. The first-order valence-electron chi connectivity index (χ1n) is 12.2. The number of aliphatic hydroxyl groups is 4. The van der Waals surface area contributed by atoms with E-state index < -0.39 is 24.6 Å². The fourth-order valence-electron chi connectivity index (χ4n) is 2.28. The monoisotopic (exact) mass is 644 g/mol. The minimum atomic E-state index is -1.05. The molecule has 2 rings (SSSR count). The van der Waals surface area contributed by atoms with Crippen molar-refractivity contribution in [1.82, 2.24) is 10.6 Å². The number of aliphatic carboxylic acids is 2. The number of halogens is 3. The van der Waals surface area contributed by atoms with Gasteiger partial charge in [-0.3, -0.25) is 0 Å². The Balaban J connectivity index is 0. The molecule has 0 aliphatic rings. The van der Waals surface area contributed by atoms with Crippen molar-refractivity contribution in [3.63, 3.8) is 0 Å². The number of hydrogen-bond donors (Lipinski definition) is 8. The molecule has 8 N–H and O–H groups in total. The molecule has 0 aliphatic carbocycles. The van der Waals surface area contributed by atoms with E-state index >= 15 is 0 Å². The van der Waals surface area contributed by atoms with Crippen molar-refractivity contribution < 1.29 is 49.7 Å². The van der Waals surface area contributed by atoms with Crippen molar-refractivity contribution in [3.8, 4) is 11.5 Å². The third-order valence-corrected chi connectivity index (χ3v) is 4.95. The SMILES string of the molecule is Cc1cc(Cl)ccc1OC(C)C(=O)O.O=C(O)COc1ccc(Cl)cc1Cl.OCCNCCO.OCCNCCO. The Morgan fingerprint density at radius 1 is 0.780 bits per heavy atom. The second-order valence-electron chi connectivity index (χ2n) is 7.66. The third-order valence-electron chi connectivity index (χ3n) is 4.19. The maximum Gasteiger partial charge on any atom is 0.344 e. The standard InChI is InChI=1S/C10H11ClO3.C8H6Cl2O3.2C4H11NO2/c1-6-5-8(11)3-4-9(6)14-7(2)10(12)13;9-5-1-2-7(6(10)3-5)13-4-8(11)12;2*6-3-1-5-2-4-7/h3-5,7H,1-2H3,(H,12,13);1-3H,4H2,(H,11,12);2*5-7H,1-4H2. The highest BCUT2D eigenvalue weighted by atomic mass is 35.5. The second kappa shape index (κ2) is 26.5. The average molecular weight is 646 g/mol. The highest BCUT2D eigenvalue weighted by Gasteiger charge is 2.13. The van der Waals surface area contributed by atoms with E-state index in [9.17, 15) is 9.59 Å².